The maximum atomic E-state index is 5.46. The molecule has 1 rings (SSSR count). The number of aryl methyl sites for hydroxylation is 3. The lowest BCUT2D eigenvalue weighted by atomic mass is 9.99. The first-order valence-corrected chi connectivity index (χ1v) is 6.45. The molecule has 0 atom stereocenters. The largest absolute Gasteiger partial charge is 0.496 e. The van der Waals surface area contributed by atoms with Crippen molar-refractivity contribution in [3.63, 3.8) is 0 Å². The minimum atomic E-state index is 1.05. The van der Waals surface area contributed by atoms with Crippen LogP contribution in [0.1, 0.15) is 51.3 Å². The van der Waals surface area contributed by atoms with Gasteiger partial charge in [-0.05, 0) is 36.0 Å². The Hall–Kier alpha value is -0.980. The van der Waals surface area contributed by atoms with Gasteiger partial charge in [-0.15, -0.1) is 0 Å². The molecular formula is C15H26O. The van der Waals surface area contributed by atoms with Crippen molar-refractivity contribution in [1.82, 2.24) is 0 Å². The third-order valence-corrected chi connectivity index (χ3v) is 2.68. The minimum absolute atomic E-state index is 1.05. The van der Waals surface area contributed by atoms with Crippen LogP contribution < -0.4 is 4.74 Å². The van der Waals surface area contributed by atoms with Crippen LogP contribution in [-0.2, 0) is 19.3 Å². The van der Waals surface area contributed by atoms with Crippen molar-refractivity contribution < 1.29 is 4.74 Å². The molecule has 0 heterocycles. The van der Waals surface area contributed by atoms with Gasteiger partial charge >= 0.3 is 0 Å². The minimum Gasteiger partial charge on any atom is -0.496 e. The van der Waals surface area contributed by atoms with Gasteiger partial charge in [-0.3, -0.25) is 0 Å². The normalized spacial score (nSPS) is 9.38. The summed E-state index contributed by atoms with van der Waals surface area (Å²) < 4.78 is 5.46. The fourth-order valence-electron chi connectivity index (χ4n) is 1.82. The van der Waals surface area contributed by atoms with Gasteiger partial charge in [0.2, 0.25) is 0 Å². The summed E-state index contributed by atoms with van der Waals surface area (Å²) in [6.07, 6.45) is 3.19. The summed E-state index contributed by atoms with van der Waals surface area (Å²) in [6.45, 7) is 10.5. The molecule has 1 aromatic rings. The highest BCUT2D eigenvalue weighted by molar-refractivity contribution is 5.44. The van der Waals surface area contributed by atoms with E-state index in [0.29, 0.717) is 0 Å². The van der Waals surface area contributed by atoms with Crippen molar-refractivity contribution in [2.24, 2.45) is 0 Å². The quantitative estimate of drug-likeness (QED) is 0.733. The molecule has 0 radical (unpaired) electrons. The van der Waals surface area contributed by atoms with Crippen LogP contribution in [0.4, 0.5) is 0 Å². The van der Waals surface area contributed by atoms with Gasteiger partial charge in [-0.2, -0.15) is 0 Å². The first-order valence-electron chi connectivity index (χ1n) is 6.45. The molecule has 0 amide bonds. The summed E-state index contributed by atoms with van der Waals surface area (Å²) in [7, 11) is 1.76. The first kappa shape index (κ1) is 15.0. The monoisotopic (exact) mass is 222 g/mol. The highest BCUT2D eigenvalue weighted by Gasteiger charge is 2.08. The Morgan fingerprint density at radius 2 is 1.31 bits per heavy atom. The van der Waals surface area contributed by atoms with Gasteiger partial charge in [0.15, 0.2) is 0 Å². The van der Waals surface area contributed by atoms with Crippen LogP contribution in [0.2, 0.25) is 0 Å². The van der Waals surface area contributed by atoms with Crippen LogP contribution in [0.25, 0.3) is 0 Å². The third kappa shape index (κ3) is 3.55. The molecule has 1 heteroatoms. The maximum absolute atomic E-state index is 5.46. The van der Waals surface area contributed by atoms with Gasteiger partial charge in [-0.25, -0.2) is 0 Å². The Balaban J connectivity index is 0.00000106. The SMILES string of the molecule is CC.CCc1cc(CC)c(OC)c(CC)c1. The van der Waals surface area contributed by atoms with Crippen LogP contribution in [0.5, 0.6) is 5.75 Å². The number of benzene rings is 1. The van der Waals surface area contributed by atoms with E-state index in [2.05, 4.69) is 32.9 Å². The first-order chi connectivity index (χ1) is 7.76. The van der Waals surface area contributed by atoms with Crippen LogP contribution in [0.3, 0.4) is 0 Å². The topological polar surface area (TPSA) is 9.23 Å². The molecule has 0 saturated carbocycles. The van der Waals surface area contributed by atoms with Gasteiger partial charge < -0.3 is 4.74 Å². The Labute approximate surface area is 101 Å². The average molecular weight is 222 g/mol. The Bertz CT molecular complexity index is 277. The van der Waals surface area contributed by atoms with Gasteiger partial charge in [0.05, 0.1) is 7.11 Å². The van der Waals surface area contributed by atoms with Gasteiger partial charge in [0, 0.05) is 0 Å². The molecule has 0 spiro atoms. The summed E-state index contributed by atoms with van der Waals surface area (Å²) in [4.78, 5) is 0. The second-order valence-corrected chi connectivity index (χ2v) is 3.51. The van der Waals surface area contributed by atoms with E-state index in [4.69, 9.17) is 4.74 Å². The van der Waals surface area contributed by atoms with Crippen molar-refractivity contribution in [2.45, 2.75) is 53.9 Å². The fourth-order valence-corrected chi connectivity index (χ4v) is 1.82. The highest BCUT2D eigenvalue weighted by atomic mass is 16.5. The molecule has 0 aromatic heterocycles. The molecule has 16 heavy (non-hydrogen) atoms. The van der Waals surface area contributed by atoms with E-state index in [1.165, 1.54) is 16.7 Å². The molecule has 0 aliphatic heterocycles. The number of methoxy groups -OCH3 is 1. The zero-order chi connectivity index (χ0) is 12.6. The van der Waals surface area contributed by atoms with Crippen LogP contribution >= 0.6 is 0 Å². The summed E-state index contributed by atoms with van der Waals surface area (Å²) in [6, 6.07) is 4.52. The van der Waals surface area contributed by atoms with E-state index in [9.17, 15) is 0 Å². The number of hydrogen-bond acceptors (Lipinski definition) is 1. The van der Waals surface area contributed by atoms with Gasteiger partial charge in [0.25, 0.3) is 0 Å². The number of hydrogen-bond donors (Lipinski definition) is 0. The third-order valence-electron chi connectivity index (χ3n) is 2.68. The second kappa shape index (κ2) is 8.20. The van der Waals surface area contributed by atoms with Crippen LogP contribution in [0.15, 0.2) is 12.1 Å². The molecule has 0 aliphatic carbocycles. The second-order valence-electron chi connectivity index (χ2n) is 3.51. The van der Waals surface area contributed by atoms with Crippen molar-refractivity contribution in [3.05, 3.63) is 28.8 Å². The Morgan fingerprint density at radius 3 is 1.56 bits per heavy atom. The standard InChI is InChI=1S/C13H20O.C2H6/c1-5-10-8-11(6-2)13(14-4)12(7-3)9-10;1-2/h8-9H,5-7H2,1-4H3;1-2H3. The molecule has 0 saturated heterocycles. The Morgan fingerprint density at radius 1 is 0.875 bits per heavy atom. The number of ether oxygens (including phenoxy) is 1. The van der Waals surface area contributed by atoms with Crippen LogP contribution in [-0.4, -0.2) is 7.11 Å². The lowest BCUT2D eigenvalue weighted by molar-refractivity contribution is 0.405. The Kier molecular flexibility index (Phi) is 7.70. The summed E-state index contributed by atoms with van der Waals surface area (Å²) in [5.41, 5.74) is 4.09. The van der Waals surface area contributed by atoms with E-state index in [0.717, 1.165) is 25.0 Å². The van der Waals surface area contributed by atoms with E-state index in [1.807, 2.05) is 13.8 Å². The van der Waals surface area contributed by atoms with Crippen LogP contribution in [0, 0.1) is 0 Å². The summed E-state index contributed by atoms with van der Waals surface area (Å²) in [5, 5.41) is 0. The molecular weight excluding hydrogens is 196 g/mol. The lowest BCUT2D eigenvalue weighted by Crippen LogP contribution is -1.98. The maximum Gasteiger partial charge on any atom is 0.125 e. The van der Waals surface area contributed by atoms with E-state index >= 15 is 0 Å². The highest BCUT2D eigenvalue weighted by Crippen LogP contribution is 2.27. The summed E-state index contributed by atoms with van der Waals surface area (Å²) >= 11 is 0. The molecule has 1 nitrogen and oxygen atoms in total. The summed E-state index contributed by atoms with van der Waals surface area (Å²) in [5.74, 6) is 1.09. The molecule has 0 fully saturated rings. The molecule has 1 aromatic carbocycles. The van der Waals surface area contributed by atoms with Crippen molar-refractivity contribution in [3.8, 4) is 5.75 Å². The van der Waals surface area contributed by atoms with Crippen molar-refractivity contribution in [2.75, 3.05) is 7.11 Å². The molecule has 0 aliphatic rings. The van der Waals surface area contributed by atoms with E-state index in [1.54, 1.807) is 7.11 Å². The van der Waals surface area contributed by atoms with Crippen molar-refractivity contribution >= 4 is 0 Å². The zero-order valence-corrected chi connectivity index (χ0v) is 11.7. The zero-order valence-electron chi connectivity index (χ0n) is 11.7. The number of rotatable bonds is 4. The molecule has 0 unspecified atom stereocenters. The lowest BCUT2D eigenvalue weighted by Gasteiger charge is -2.13. The van der Waals surface area contributed by atoms with Gasteiger partial charge in [0.1, 0.15) is 5.75 Å². The molecule has 0 bridgehead atoms. The van der Waals surface area contributed by atoms with E-state index < -0.39 is 0 Å². The van der Waals surface area contributed by atoms with E-state index in [-0.39, 0.29) is 0 Å². The average Bonchev–Trinajstić information content (AvgIpc) is 2.39. The predicted molar refractivity (Wildman–Crippen MR) is 72.5 cm³/mol. The fraction of sp³-hybridized carbons (Fsp3) is 0.600. The predicted octanol–water partition coefficient (Wildman–Crippen LogP) is 4.41. The molecule has 0 N–H and O–H groups in total. The van der Waals surface area contributed by atoms with Gasteiger partial charge in [-0.1, -0.05) is 46.8 Å². The molecule has 92 valence electrons. The van der Waals surface area contributed by atoms with Crippen molar-refractivity contribution in [1.29, 1.82) is 0 Å². The smallest absolute Gasteiger partial charge is 0.125 e.